The molecule has 146 valence electrons. The lowest BCUT2D eigenvalue weighted by Gasteiger charge is -2.12. The molecule has 1 N–H and O–H groups in total. The van der Waals surface area contributed by atoms with Crippen molar-refractivity contribution in [3.05, 3.63) is 76.4 Å². The molecular formula is C18H12Cl2FN7O. The van der Waals surface area contributed by atoms with Gasteiger partial charge in [-0.15, -0.1) is 0 Å². The summed E-state index contributed by atoms with van der Waals surface area (Å²) in [6.45, 7) is 0.302. The third-order valence-electron chi connectivity index (χ3n) is 3.85. The molecule has 0 spiro atoms. The zero-order valence-electron chi connectivity index (χ0n) is 14.6. The first-order valence-electron chi connectivity index (χ1n) is 8.31. The van der Waals surface area contributed by atoms with Crippen molar-refractivity contribution in [2.45, 2.75) is 6.54 Å². The highest BCUT2D eigenvalue weighted by Gasteiger charge is 2.16. The fourth-order valence-corrected chi connectivity index (χ4v) is 2.88. The second-order valence-corrected chi connectivity index (χ2v) is 6.48. The average molecular weight is 432 g/mol. The standard InChI is InChI=1S/C18H12Cl2FN7O/c19-15-13(21)5-6-14(16(15)20)28-18(25-26-27-28)24-9-11-3-1-8-23-17(11)29-12-4-2-7-22-10-12/h1-8,10H,9H2,(H,24,25,27). The summed E-state index contributed by atoms with van der Waals surface area (Å²) in [6, 6.07) is 9.80. The van der Waals surface area contributed by atoms with E-state index in [2.05, 4.69) is 30.8 Å². The third-order valence-corrected chi connectivity index (χ3v) is 4.70. The van der Waals surface area contributed by atoms with Crippen molar-refractivity contribution >= 4 is 29.2 Å². The summed E-state index contributed by atoms with van der Waals surface area (Å²) < 4.78 is 20.7. The highest BCUT2D eigenvalue weighted by molar-refractivity contribution is 6.43. The van der Waals surface area contributed by atoms with Crippen LogP contribution in [0.1, 0.15) is 5.56 Å². The maximum atomic E-state index is 13.6. The van der Waals surface area contributed by atoms with E-state index in [0.717, 1.165) is 5.56 Å². The lowest BCUT2D eigenvalue weighted by atomic mass is 10.2. The van der Waals surface area contributed by atoms with Gasteiger partial charge in [0.05, 0.1) is 21.9 Å². The number of tetrazole rings is 1. The van der Waals surface area contributed by atoms with E-state index in [4.69, 9.17) is 27.9 Å². The largest absolute Gasteiger partial charge is 0.437 e. The molecule has 0 aliphatic heterocycles. The Morgan fingerprint density at radius 3 is 2.76 bits per heavy atom. The fourth-order valence-electron chi connectivity index (χ4n) is 2.48. The predicted molar refractivity (Wildman–Crippen MR) is 105 cm³/mol. The van der Waals surface area contributed by atoms with E-state index in [1.165, 1.54) is 16.8 Å². The summed E-state index contributed by atoms with van der Waals surface area (Å²) in [7, 11) is 0. The summed E-state index contributed by atoms with van der Waals surface area (Å²) in [5.74, 6) is 0.626. The third kappa shape index (κ3) is 4.10. The second-order valence-electron chi connectivity index (χ2n) is 5.72. The fraction of sp³-hybridized carbons (Fsp3) is 0.0556. The summed E-state index contributed by atoms with van der Waals surface area (Å²) >= 11 is 12.0. The van der Waals surface area contributed by atoms with Crippen LogP contribution < -0.4 is 10.1 Å². The Morgan fingerprint density at radius 2 is 1.93 bits per heavy atom. The number of pyridine rings is 2. The van der Waals surface area contributed by atoms with E-state index in [1.807, 2.05) is 6.07 Å². The highest BCUT2D eigenvalue weighted by atomic mass is 35.5. The monoisotopic (exact) mass is 431 g/mol. The van der Waals surface area contributed by atoms with Crippen molar-refractivity contribution < 1.29 is 9.13 Å². The zero-order valence-corrected chi connectivity index (χ0v) is 16.1. The molecule has 0 saturated carbocycles. The van der Waals surface area contributed by atoms with Gasteiger partial charge in [-0.05, 0) is 40.8 Å². The average Bonchev–Trinajstić information content (AvgIpc) is 3.20. The van der Waals surface area contributed by atoms with E-state index in [0.29, 0.717) is 23.9 Å². The number of nitrogens with zero attached hydrogens (tertiary/aromatic N) is 6. The van der Waals surface area contributed by atoms with Crippen molar-refractivity contribution in [1.82, 2.24) is 30.2 Å². The molecular weight excluding hydrogens is 420 g/mol. The Kier molecular flexibility index (Phi) is 5.50. The van der Waals surface area contributed by atoms with Gasteiger partial charge in [-0.3, -0.25) is 4.98 Å². The summed E-state index contributed by atoms with van der Waals surface area (Å²) in [6.07, 6.45) is 4.87. The molecule has 1 aromatic carbocycles. The second kappa shape index (κ2) is 8.38. The van der Waals surface area contributed by atoms with Gasteiger partial charge in [-0.25, -0.2) is 9.37 Å². The number of halogens is 3. The molecule has 0 amide bonds. The summed E-state index contributed by atoms with van der Waals surface area (Å²) in [5, 5.41) is 14.4. The van der Waals surface area contributed by atoms with Crippen LogP contribution in [-0.4, -0.2) is 30.2 Å². The normalized spacial score (nSPS) is 10.7. The Balaban J connectivity index is 1.56. The molecule has 0 radical (unpaired) electrons. The van der Waals surface area contributed by atoms with Crippen LogP contribution in [0.25, 0.3) is 5.69 Å². The van der Waals surface area contributed by atoms with E-state index in [9.17, 15) is 4.39 Å². The summed E-state index contributed by atoms with van der Waals surface area (Å²) in [4.78, 5) is 8.28. The van der Waals surface area contributed by atoms with Gasteiger partial charge < -0.3 is 10.1 Å². The molecule has 0 atom stereocenters. The van der Waals surface area contributed by atoms with Crippen molar-refractivity contribution in [3.8, 4) is 17.3 Å². The first kappa shape index (κ1) is 19.0. The van der Waals surface area contributed by atoms with Crippen molar-refractivity contribution in [2.24, 2.45) is 0 Å². The molecule has 0 unspecified atom stereocenters. The SMILES string of the molecule is Fc1ccc(-n2nnnc2NCc2cccnc2Oc2cccnc2)c(Cl)c1Cl. The van der Waals surface area contributed by atoms with Gasteiger partial charge in [-0.1, -0.05) is 34.4 Å². The van der Waals surface area contributed by atoms with Gasteiger partial charge in [-0.2, -0.15) is 4.68 Å². The van der Waals surface area contributed by atoms with Gasteiger partial charge >= 0.3 is 0 Å². The quantitative estimate of drug-likeness (QED) is 0.455. The van der Waals surface area contributed by atoms with Crippen LogP contribution in [-0.2, 0) is 6.54 Å². The van der Waals surface area contributed by atoms with E-state index >= 15 is 0 Å². The van der Waals surface area contributed by atoms with E-state index in [-0.39, 0.29) is 16.0 Å². The van der Waals surface area contributed by atoms with Crippen LogP contribution in [0.4, 0.5) is 10.3 Å². The number of nitrogens with one attached hydrogen (secondary N) is 1. The first-order valence-corrected chi connectivity index (χ1v) is 9.07. The molecule has 0 aliphatic carbocycles. The molecule has 0 fully saturated rings. The maximum Gasteiger partial charge on any atom is 0.248 e. The van der Waals surface area contributed by atoms with E-state index < -0.39 is 5.82 Å². The minimum Gasteiger partial charge on any atom is -0.437 e. The topological polar surface area (TPSA) is 90.6 Å². The number of ether oxygens (including phenoxy) is 1. The highest BCUT2D eigenvalue weighted by Crippen LogP contribution is 2.31. The first-order chi connectivity index (χ1) is 14.1. The molecule has 3 aromatic heterocycles. The Morgan fingerprint density at radius 1 is 1.07 bits per heavy atom. The van der Waals surface area contributed by atoms with Gasteiger partial charge in [0, 0.05) is 24.5 Å². The van der Waals surface area contributed by atoms with E-state index in [1.54, 1.807) is 36.8 Å². The predicted octanol–water partition coefficient (Wildman–Crippen LogP) is 4.30. The maximum absolute atomic E-state index is 13.6. The smallest absolute Gasteiger partial charge is 0.248 e. The number of hydrogen-bond acceptors (Lipinski definition) is 7. The van der Waals surface area contributed by atoms with Crippen LogP contribution in [0.2, 0.25) is 10.0 Å². The summed E-state index contributed by atoms with van der Waals surface area (Å²) in [5.41, 5.74) is 1.10. The number of benzene rings is 1. The minimum atomic E-state index is -0.629. The molecule has 29 heavy (non-hydrogen) atoms. The van der Waals surface area contributed by atoms with Gasteiger partial charge in [0.15, 0.2) is 0 Å². The van der Waals surface area contributed by atoms with Gasteiger partial charge in [0.2, 0.25) is 11.8 Å². The van der Waals surface area contributed by atoms with Crippen molar-refractivity contribution in [3.63, 3.8) is 0 Å². The Bertz CT molecular complexity index is 1140. The molecule has 4 rings (SSSR count). The molecule has 3 heterocycles. The molecule has 0 bridgehead atoms. The number of rotatable bonds is 6. The molecule has 11 heteroatoms. The molecule has 4 aromatic rings. The zero-order chi connectivity index (χ0) is 20.2. The number of aromatic nitrogens is 6. The molecule has 8 nitrogen and oxygen atoms in total. The van der Waals surface area contributed by atoms with Crippen LogP contribution in [0.5, 0.6) is 11.6 Å². The lowest BCUT2D eigenvalue weighted by Crippen LogP contribution is -2.09. The van der Waals surface area contributed by atoms with Crippen LogP contribution >= 0.6 is 23.2 Å². The van der Waals surface area contributed by atoms with Crippen molar-refractivity contribution in [2.75, 3.05) is 5.32 Å². The Labute approximate surface area is 174 Å². The van der Waals surface area contributed by atoms with Gasteiger partial charge in [0.1, 0.15) is 11.6 Å². The minimum absolute atomic E-state index is 0.00370. The molecule has 0 saturated heterocycles. The van der Waals surface area contributed by atoms with Gasteiger partial charge in [0.25, 0.3) is 0 Å². The molecule has 0 aliphatic rings. The Hall–Kier alpha value is -3.30. The van der Waals surface area contributed by atoms with Crippen LogP contribution in [0, 0.1) is 5.82 Å². The van der Waals surface area contributed by atoms with Crippen LogP contribution in [0.3, 0.4) is 0 Å². The van der Waals surface area contributed by atoms with Crippen LogP contribution in [0.15, 0.2) is 55.0 Å². The number of anilines is 1. The lowest BCUT2D eigenvalue weighted by molar-refractivity contribution is 0.455. The van der Waals surface area contributed by atoms with Crippen molar-refractivity contribution in [1.29, 1.82) is 0 Å². The number of hydrogen-bond donors (Lipinski definition) is 1.